The summed E-state index contributed by atoms with van der Waals surface area (Å²) in [5.41, 5.74) is 0.614. The van der Waals surface area contributed by atoms with E-state index in [1.54, 1.807) is 12.1 Å². The van der Waals surface area contributed by atoms with Crippen molar-refractivity contribution in [2.45, 2.75) is 4.90 Å². The fourth-order valence-electron chi connectivity index (χ4n) is 1.49. The number of nitrogens with zero attached hydrogens (tertiary/aromatic N) is 1. The molecule has 0 atom stereocenters. The second kappa shape index (κ2) is 4.28. The number of hydrogen-bond donors (Lipinski definition) is 2. The molecule has 0 amide bonds. The predicted molar refractivity (Wildman–Crippen MR) is 62.8 cm³/mol. The van der Waals surface area contributed by atoms with E-state index in [1.807, 2.05) is 0 Å². The number of aromatic nitrogens is 1. The van der Waals surface area contributed by atoms with E-state index < -0.39 is 10.0 Å². The third kappa shape index (κ3) is 2.07. The van der Waals surface area contributed by atoms with E-state index in [4.69, 9.17) is 5.90 Å². The van der Waals surface area contributed by atoms with Crippen molar-refractivity contribution >= 4 is 20.9 Å². The van der Waals surface area contributed by atoms with Gasteiger partial charge >= 0.3 is 0 Å². The lowest BCUT2D eigenvalue weighted by molar-refractivity contribution is 0.338. The monoisotopic (exact) mass is 253 g/mol. The van der Waals surface area contributed by atoms with Crippen molar-refractivity contribution in [3.05, 3.63) is 30.5 Å². The van der Waals surface area contributed by atoms with Crippen LogP contribution < -0.4 is 15.5 Å². The molecule has 3 N–H and O–H groups in total. The van der Waals surface area contributed by atoms with Gasteiger partial charge in [0.25, 0.3) is 0 Å². The lowest BCUT2D eigenvalue weighted by Gasteiger charge is -2.06. The molecule has 17 heavy (non-hydrogen) atoms. The van der Waals surface area contributed by atoms with Crippen LogP contribution in [0.5, 0.6) is 5.75 Å². The highest BCUT2D eigenvalue weighted by Crippen LogP contribution is 2.25. The van der Waals surface area contributed by atoms with Gasteiger partial charge in [0.15, 0.2) is 5.75 Å². The molecule has 6 nitrogen and oxygen atoms in total. The second-order valence-corrected chi connectivity index (χ2v) is 5.20. The number of fused-ring (bicyclic) bond motifs is 1. The molecular formula is C10H11N3O3S. The molecule has 0 saturated heterocycles. The number of nitrogens with two attached hydrogens (primary N) is 1. The van der Waals surface area contributed by atoms with Crippen LogP contribution in [0.1, 0.15) is 0 Å². The molecule has 0 unspecified atom stereocenters. The normalized spacial score (nSPS) is 11.6. The maximum absolute atomic E-state index is 11.6. The lowest BCUT2D eigenvalue weighted by atomic mass is 10.2. The number of pyridine rings is 1. The van der Waals surface area contributed by atoms with E-state index in [-0.39, 0.29) is 4.90 Å². The number of hydrogen-bond acceptors (Lipinski definition) is 5. The fourth-order valence-corrected chi connectivity index (χ4v) is 2.24. The topological polar surface area (TPSA) is 94.3 Å². The van der Waals surface area contributed by atoms with E-state index in [0.29, 0.717) is 16.7 Å². The molecule has 0 radical (unpaired) electrons. The first-order valence-electron chi connectivity index (χ1n) is 4.77. The average molecular weight is 253 g/mol. The maximum Gasteiger partial charge on any atom is 0.240 e. The molecule has 0 saturated carbocycles. The third-order valence-corrected chi connectivity index (χ3v) is 3.79. The molecule has 0 aliphatic carbocycles. The molecule has 0 aliphatic rings. The molecule has 7 heteroatoms. The number of nitrogens with one attached hydrogen (secondary N) is 1. The molecule has 2 aromatic rings. The molecule has 0 spiro atoms. The summed E-state index contributed by atoms with van der Waals surface area (Å²) in [5, 5.41) is 0.548. The summed E-state index contributed by atoms with van der Waals surface area (Å²) in [4.78, 5) is 8.90. The third-order valence-electron chi connectivity index (χ3n) is 2.38. The summed E-state index contributed by atoms with van der Waals surface area (Å²) in [6, 6.07) is 6.11. The van der Waals surface area contributed by atoms with Gasteiger partial charge in [-0.3, -0.25) is 4.98 Å². The minimum atomic E-state index is -3.49. The van der Waals surface area contributed by atoms with Gasteiger partial charge in [0.1, 0.15) is 0 Å². The first kappa shape index (κ1) is 11.8. The zero-order valence-electron chi connectivity index (χ0n) is 9.04. The first-order chi connectivity index (χ1) is 8.08. The van der Waals surface area contributed by atoms with Crippen LogP contribution in [0.25, 0.3) is 10.9 Å². The fraction of sp³-hybridized carbons (Fsp3) is 0.100. The highest BCUT2D eigenvalue weighted by molar-refractivity contribution is 7.89. The summed E-state index contributed by atoms with van der Waals surface area (Å²) >= 11 is 0. The zero-order chi connectivity index (χ0) is 12.5. The van der Waals surface area contributed by atoms with Crippen LogP contribution in [0, 0.1) is 0 Å². The SMILES string of the molecule is CNS(=O)(=O)c1ccc2nccc(ON)c2c1. The number of sulfonamides is 1. The van der Waals surface area contributed by atoms with E-state index in [9.17, 15) is 8.42 Å². The van der Waals surface area contributed by atoms with Gasteiger partial charge in [0.2, 0.25) is 10.0 Å². The van der Waals surface area contributed by atoms with Gasteiger partial charge in [-0.15, -0.1) is 0 Å². The Labute approximate surface area is 98.4 Å². The van der Waals surface area contributed by atoms with Crippen molar-refractivity contribution in [3.63, 3.8) is 0 Å². The Kier molecular flexibility index (Phi) is 2.97. The van der Waals surface area contributed by atoms with Gasteiger partial charge in [0.05, 0.1) is 10.4 Å². The van der Waals surface area contributed by atoms with Crippen molar-refractivity contribution in [3.8, 4) is 5.75 Å². The smallest absolute Gasteiger partial charge is 0.240 e. The molecular weight excluding hydrogens is 242 g/mol. The zero-order valence-corrected chi connectivity index (χ0v) is 9.86. The molecule has 0 bridgehead atoms. The van der Waals surface area contributed by atoms with E-state index in [0.717, 1.165) is 0 Å². The number of benzene rings is 1. The average Bonchev–Trinajstić information content (AvgIpc) is 2.37. The second-order valence-electron chi connectivity index (χ2n) is 3.31. The van der Waals surface area contributed by atoms with Gasteiger partial charge in [-0.1, -0.05) is 0 Å². The number of rotatable bonds is 3. The van der Waals surface area contributed by atoms with Crippen molar-refractivity contribution < 1.29 is 13.3 Å². The highest BCUT2D eigenvalue weighted by Gasteiger charge is 2.13. The highest BCUT2D eigenvalue weighted by atomic mass is 32.2. The molecule has 1 aromatic carbocycles. The van der Waals surface area contributed by atoms with Crippen LogP contribution in [0.2, 0.25) is 0 Å². The molecule has 1 aromatic heterocycles. The summed E-state index contributed by atoms with van der Waals surface area (Å²) < 4.78 is 25.5. The van der Waals surface area contributed by atoms with Gasteiger partial charge < -0.3 is 4.84 Å². The standard InChI is InChI=1S/C10H11N3O3S/c1-12-17(14,15)7-2-3-9-8(6-7)10(16-11)4-5-13-9/h2-6,12H,11H2,1H3. The Morgan fingerprint density at radius 2 is 2.12 bits per heavy atom. The summed E-state index contributed by atoms with van der Waals surface area (Å²) in [6.07, 6.45) is 1.54. The van der Waals surface area contributed by atoms with Crippen LogP contribution in [0.15, 0.2) is 35.4 Å². The molecule has 2 rings (SSSR count). The molecule has 90 valence electrons. The van der Waals surface area contributed by atoms with Crippen molar-refractivity contribution in [2.24, 2.45) is 5.90 Å². The molecule has 1 heterocycles. The van der Waals surface area contributed by atoms with Crippen LogP contribution in [-0.2, 0) is 10.0 Å². The van der Waals surface area contributed by atoms with Gasteiger partial charge in [0, 0.05) is 17.6 Å². The Morgan fingerprint density at radius 1 is 1.35 bits per heavy atom. The summed E-state index contributed by atoms with van der Waals surface area (Å²) in [5.74, 6) is 5.49. The minimum absolute atomic E-state index is 0.138. The Hall–Kier alpha value is -1.70. The summed E-state index contributed by atoms with van der Waals surface area (Å²) in [7, 11) is -2.14. The largest absolute Gasteiger partial charge is 0.411 e. The van der Waals surface area contributed by atoms with E-state index >= 15 is 0 Å². The van der Waals surface area contributed by atoms with Crippen LogP contribution in [-0.4, -0.2) is 20.4 Å². The van der Waals surface area contributed by atoms with Crippen molar-refractivity contribution in [2.75, 3.05) is 7.05 Å². The minimum Gasteiger partial charge on any atom is -0.411 e. The van der Waals surface area contributed by atoms with E-state index in [1.165, 1.54) is 25.4 Å². The predicted octanol–water partition coefficient (Wildman–Crippen LogP) is 0.395. The van der Waals surface area contributed by atoms with Gasteiger partial charge in [-0.2, -0.15) is 5.90 Å². The lowest BCUT2D eigenvalue weighted by Crippen LogP contribution is -2.18. The quantitative estimate of drug-likeness (QED) is 0.772. The van der Waals surface area contributed by atoms with Crippen LogP contribution in [0.3, 0.4) is 0 Å². The first-order valence-corrected chi connectivity index (χ1v) is 6.26. The Morgan fingerprint density at radius 3 is 2.76 bits per heavy atom. The van der Waals surface area contributed by atoms with Gasteiger partial charge in [-0.25, -0.2) is 13.1 Å². The Balaban J connectivity index is 2.72. The Bertz CT molecular complexity index is 655. The molecule has 0 aliphatic heterocycles. The van der Waals surface area contributed by atoms with E-state index in [2.05, 4.69) is 14.5 Å². The van der Waals surface area contributed by atoms with Crippen LogP contribution in [0.4, 0.5) is 0 Å². The van der Waals surface area contributed by atoms with Crippen molar-refractivity contribution in [1.82, 2.24) is 9.71 Å². The van der Waals surface area contributed by atoms with Crippen LogP contribution >= 0.6 is 0 Å². The van der Waals surface area contributed by atoms with Gasteiger partial charge in [-0.05, 0) is 25.2 Å². The summed E-state index contributed by atoms with van der Waals surface area (Å²) in [6.45, 7) is 0. The maximum atomic E-state index is 11.6. The van der Waals surface area contributed by atoms with Crippen molar-refractivity contribution in [1.29, 1.82) is 0 Å². The molecule has 0 fully saturated rings.